The molecule has 0 aliphatic heterocycles. The Morgan fingerprint density at radius 3 is 2.27 bits per heavy atom. The molecule has 0 spiro atoms. The topological polar surface area (TPSA) is 74.1 Å². The van der Waals surface area contributed by atoms with Gasteiger partial charge in [-0.3, -0.25) is 0 Å². The predicted molar refractivity (Wildman–Crippen MR) is 85.3 cm³/mol. The number of benzene rings is 1. The molecule has 0 bridgehead atoms. The lowest BCUT2D eigenvalue weighted by molar-refractivity contribution is 0.601. The summed E-state index contributed by atoms with van der Waals surface area (Å²) in [5.74, 6) is 0.749. The average molecular weight is 315 g/mol. The summed E-state index contributed by atoms with van der Waals surface area (Å²) in [4.78, 5) is 6.54. The first-order chi connectivity index (χ1) is 10.3. The lowest BCUT2D eigenvalue weighted by Crippen LogP contribution is -2.22. The van der Waals surface area contributed by atoms with Crippen LogP contribution < -0.4 is 4.90 Å². The Kier molecular flexibility index (Phi) is 4.48. The van der Waals surface area contributed by atoms with Gasteiger partial charge in [0.1, 0.15) is 11.9 Å². The van der Waals surface area contributed by atoms with Gasteiger partial charge in [0.2, 0.25) is 0 Å². The average Bonchev–Trinajstić information content (AvgIpc) is 2.53. The number of pyridine rings is 1. The van der Waals surface area contributed by atoms with Crippen LogP contribution in [0.4, 0.5) is 5.82 Å². The molecule has 1 aromatic heterocycles. The van der Waals surface area contributed by atoms with Gasteiger partial charge in [0.15, 0.2) is 9.84 Å². The zero-order chi connectivity index (χ0) is 16.3. The van der Waals surface area contributed by atoms with Gasteiger partial charge in [-0.25, -0.2) is 13.4 Å². The summed E-state index contributed by atoms with van der Waals surface area (Å²) in [6.45, 7) is 2.01. The molecule has 0 radical (unpaired) electrons. The first-order valence-electron chi connectivity index (χ1n) is 6.72. The molecular formula is C16H17N3O2S. The van der Waals surface area contributed by atoms with E-state index < -0.39 is 9.84 Å². The van der Waals surface area contributed by atoms with Crippen molar-refractivity contribution in [3.05, 3.63) is 53.7 Å². The molecule has 114 valence electrons. The molecule has 0 N–H and O–H groups in total. The summed E-state index contributed by atoms with van der Waals surface area (Å²) < 4.78 is 23.0. The van der Waals surface area contributed by atoms with Crippen molar-refractivity contribution in [2.45, 2.75) is 17.9 Å². The van der Waals surface area contributed by atoms with Crippen molar-refractivity contribution in [2.75, 3.05) is 18.2 Å². The molecule has 2 aromatic rings. The first kappa shape index (κ1) is 16.0. The Hall–Kier alpha value is -2.39. The van der Waals surface area contributed by atoms with Crippen LogP contribution in [-0.2, 0) is 9.84 Å². The van der Waals surface area contributed by atoms with Crippen molar-refractivity contribution in [3.63, 3.8) is 0 Å². The highest BCUT2D eigenvalue weighted by Crippen LogP contribution is 2.24. The summed E-state index contributed by atoms with van der Waals surface area (Å²) in [5, 5.41) is 8.79. The van der Waals surface area contributed by atoms with Crippen LogP contribution in [0.15, 0.2) is 47.5 Å². The fourth-order valence-corrected chi connectivity index (χ4v) is 2.71. The fraction of sp³-hybridized carbons (Fsp3) is 0.250. The third-order valence-corrected chi connectivity index (χ3v) is 4.74. The lowest BCUT2D eigenvalue weighted by Gasteiger charge is -2.26. The van der Waals surface area contributed by atoms with Crippen LogP contribution in [-0.4, -0.2) is 26.7 Å². The lowest BCUT2D eigenvalue weighted by atomic mass is 10.1. The second kappa shape index (κ2) is 6.16. The molecule has 2 rings (SSSR count). The summed E-state index contributed by atoms with van der Waals surface area (Å²) in [7, 11) is -1.28. The number of hydrogen-bond acceptors (Lipinski definition) is 5. The van der Waals surface area contributed by atoms with Crippen LogP contribution in [0, 0.1) is 11.3 Å². The minimum atomic E-state index is -3.18. The third-order valence-electron chi connectivity index (χ3n) is 3.61. The van der Waals surface area contributed by atoms with Crippen LogP contribution in [0.25, 0.3) is 0 Å². The number of hydrogen-bond donors (Lipinski definition) is 0. The molecular weight excluding hydrogens is 298 g/mol. The smallest absolute Gasteiger partial charge is 0.175 e. The highest BCUT2D eigenvalue weighted by molar-refractivity contribution is 7.90. The van der Waals surface area contributed by atoms with Gasteiger partial charge in [0.25, 0.3) is 0 Å². The number of sulfone groups is 1. The predicted octanol–water partition coefficient (Wildman–Crippen LogP) is 2.55. The maximum Gasteiger partial charge on any atom is 0.175 e. The SMILES string of the molecule is CC(c1ccc(S(C)(=O)=O)cc1)N(C)c1ccc(C#N)cn1. The molecule has 0 aliphatic rings. The van der Waals surface area contributed by atoms with Crippen LogP contribution in [0.3, 0.4) is 0 Å². The fourth-order valence-electron chi connectivity index (χ4n) is 2.08. The van der Waals surface area contributed by atoms with Gasteiger partial charge < -0.3 is 4.90 Å². The molecule has 1 atom stereocenters. The number of anilines is 1. The molecule has 6 heteroatoms. The minimum absolute atomic E-state index is 0.0223. The Labute approximate surface area is 130 Å². The van der Waals surface area contributed by atoms with Crippen molar-refractivity contribution in [1.82, 2.24) is 4.98 Å². The number of aromatic nitrogens is 1. The van der Waals surface area contributed by atoms with E-state index in [4.69, 9.17) is 5.26 Å². The Bertz CT molecular complexity index is 791. The van der Waals surface area contributed by atoms with E-state index in [1.807, 2.05) is 24.9 Å². The Balaban J connectivity index is 2.23. The van der Waals surface area contributed by atoms with Crippen molar-refractivity contribution in [2.24, 2.45) is 0 Å². The highest BCUT2D eigenvalue weighted by Gasteiger charge is 2.14. The van der Waals surface area contributed by atoms with Crippen LogP contribution in [0.5, 0.6) is 0 Å². The van der Waals surface area contributed by atoms with Gasteiger partial charge in [-0.1, -0.05) is 12.1 Å². The number of nitriles is 1. The van der Waals surface area contributed by atoms with E-state index in [-0.39, 0.29) is 6.04 Å². The van der Waals surface area contributed by atoms with Crippen LogP contribution in [0.1, 0.15) is 24.1 Å². The van der Waals surface area contributed by atoms with Crippen molar-refractivity contribution < 1.29 is 8.42 Å². The second-order valence-corrected chi connectivity index (χ2v) is 7.16. The van der Waals surface area contributed by atoms with Crippen LogP contribution >= 0.6 is 0 Å². The van der Waals surface area contributed by atoms with E-state index in [1.54, 1.807) is 36.4 Å². The van der Waals surface area contributed by atoms with Gasteiger partial charge in [0.05, 0.1) is 16.5 Å². The van der Waals surface area contributed by atoms with Crippen molar-refractivity contribution in [3.8, 4) is 6.07 Å². The molecule has 0 aliphatic carbocycles. The molecule has 1 heterocycles. The number of rotatable bonds is 4. The third kappa shape index (κ3) is 3.43. The molecule has 1 unspecified atom stereocenters. The van der Waals surface area contributed by atoms with Crippen molar-refractivity contribution in [1.29, 1.82) is 5.26 Å². The zero-order valence-corrected chi connectivity index (χ0v) is 13.5. The largest absolute Gasteiger partial charge is 0.353 e. The normalized spacial score (nSPS) is 12.5. The molecule has 0 saturated carbocycles. The van der Waals surface area contributed by atoms with E-state index >= 15 is 0 Å². The highest BCUT2D eigenvalue weighted by atomic mass is 32.2. The van der Waals surface area contributed by atoms with Gasteiger partial charge in [-0.15, -0.1) is 0 Å². The minimum Gasteiger partial charge on any atom is -0.353 e. The molecule has 0 saturated heterocycles. The summed E-state index contributed by atoms with van der Waals surface area (Å²) in [5.41, 5.74) is 1.50. The number of nitrogens with zero attached hydrogens (tertiary/aromatic N) is 3. The second-order valence-electron chi connectivity index (χ2n) is 5.14. The summed E-state index contributed by atoms with van der Waals surface area (Å²) in [6, 6.07) is 12.4. The molecule has 0 amide bonds. The van der Waals surface area contributed by atoms with E-state index in [0.29, 0.717) is 10.5 Å². The van der Waals surface area contributed by atoms with E-state index in [1.165, 1.54) is 12.5 Å². The van der Waals surface area contributed by atoms with Gasteiger partial charge in [0, 0.05) is 19.5 Å². The zero-order valence-electron chi connectivity index (χ0n) is 12.7. The standard InChI is InChI=1S/C16H17N3O2S/c1-12(14-5-7-15(8-6-14)22(3,20)21)19(2)16-9-4-13(10-17)11-18-16/h4-9,11-12H,1-3H3. The molecule has 5 nitrogen and oxygen atoms in total. The van der Waals surface area contributed by atoms with Crippen molar-refractivity contribution >= 4 is 15.7 Å². The Morgan fingerprint density at radius 2 is 1.82 bits per heavy atom. The van der Waals surface area contributed by atoms with E-state index in [2.05, 4.69) is 4.98 Å². The monoisotopic (exact) mass is 315 g/mol. The first-order valence-corrected chi connectivity index (χ1v) is 8.61. The van der Waals surface area contributed by atoms with Gasteiger partial charge in [-0.05, 0) is 36.8 Å². The molecule has 0 fully saturated rings. The van der Waals surface area contributed by atoms with Gasteiger partial charge in [-0.2, -0.15) is 5.26 Å². The molecule has 22 heavy (non-hydrogen) atoms. The Morgan fingerprint density at radius 1 is 1.18 bits per heavy atom. The quantitative estimate of drug-likeness (QED) is 0.867. The molecule has 1 aromatic carbocycles. The maximum absolute atomic E-state index is 11.5. The van der Waals surface area contributed by atoms with Crippen LogP contribution in [0.2, 0.25) is 0 Å². The van der Waals surface area contributed by atoms with Gasteiger partial charge >= 0.3 is 0 Å². The van der Waals surface area contributed by atoms with E-state index in [0.717, 1.165) is 11.4 Å². The van der Waals surface area contributed by atoms with E-state index in [9.17, 15) is 8.42 Å². The summed E-state index contributed by atoms with van der Waals surface area (Å²) in [6.07, 6.45) is 2.73. The summed E-state index contributed by atoms with van der Waals surface area (Å²) >= 11 is 0. The maximum atomic E-state index is 11.5.